The van der Waals surface area contributed by atoms with Crippen LogP contribution in [0, 0.1) is 5.92 Å². The van der Waals surface area contributed by atoms with Crippen molar-refractivity contribution in [3.8, 4) is 0 Å². The predicted molar refractivity (Wildman–Crippen MR) is 37.4 cm³/mol. The molecule has 0 radical (unpaired) electrons. The van der Waals surface area contributed by atoms with Gasteiger partial charge in [-0.3, -0.25) is 0 Å². The van der Waals surface area contributed by atoms with Gasteiger partial charge in [-0.25, -0.2) is 0 Å². The Hall–Kier alpha value is -0.930. The molecule has 0 aliphatic rings. The van der Waals surface area contributed by atoms with E-state index in [1.165, 1.54) is 0 Å². The average molecular weight is 140 g/mol. The summed E-state index contributed by atoms with van der Waals surface area (Å²) in [7, 11) is 0. The number of rotatable bonds is 2. The summed E-state index contributed by atoms with van der Waals surface area (Å²) in [5.41, 5.74) is 0. The molecule has 0 saturated carbocycles. The van der Waals surface area contributed by atoms with Crippen LogP contribution in [0.3, 0.4) is 0 Å². The van der Waals surface area contributed by atoms with E-state index in [4.69, 9.17) is 0 Å². The number of aromatic amines is 1. The van der Waals surface area contributed by atoms with E-state index in [2.05, 4.69) is 41.4 Å². The molecule has 0 spiro atoms. The number of nitrogens with zero attached hydrogens (tertiary/aromatic N) is 3. The molecule has 0 aliphatic carbocycles. The Bertz CT molecular complexity index is 180. The zero-order valence-electron chi connectivity index (χ0n) is 6.50. The summed E-state index contributed by atoms with van der Waals surface area (Å²) in [6.45, 7) is 6.37. The van der Waals surface area contributed by atoms with E-state index < -0.39 is 0 Å². The second-order valence-corrected chi connectivity index (χ2v) is 2.80. The van der Waals surface area contributed by atoms with Crippen LogP contribution < -0.4 is 0 Å². The second-order valence-electron chi connectivity index (χ2n) is 2.80. The Labute approximate surface area is 60.0 Å². The Morgan fingerprint density at radius 1 is 1.30 bits per heavy atom. The number of hydrogen-bond acceptors (Lipinski definition) is 3. The van der Waals surface area contributed by atoms with Crippen molar-refractivity contribution in [1.82, 2.24) is 20.6 Å². The number of nitrogens with one attached hydrogen (secondary N) is 1. The largest absolute Gasteiger partial charge is 0.177 e. The van der Waals surface area contributed by atoms with Crippen LogP contribution in [-0.2, 0) is 0 Å². The number of hydrogen-bond donors (Lipinski definition) is 1. The van der Waals surface area contributed by atoms with Crippen molar-refractivity contribution in [2.75, 3.05) is 0 Å². The molecule has 1 heterocycles. The first kappa shape index (κ1) is 7.18. The smallest absolute Gasteiger partial charge is 0.177 e. The quantitative estimate of drug-likeness (QED) is 0.665. The number of aromatic nitrogens is 4. The molecule has 1 aromatic rings. The summed E-state index contributed by atoms with van der Waals surface area (Å²) in [5, 5.41) is 13.7. The van der Waals surface area contributed by atoms with Crippen molar-refractivity contribution in [2.45, 2.75) is 26.7 Å². The van der Waals surface area contributed by atoms with Crippen molar-refractivity contribution < 1.29 is 0 Å². The van der Waals surface area contributed by atoms with Crippen LogP contribution in [-0.4, -0.2) is 20.6 Å². The van der Waals surface area contributed by atoms with E-state index in [0.717, 1.165) is 5.82 Å². The molecule has 56 valence electrons. The molecular weight excluding hydrogens is 128 g/mol. The normalized spacial score (nSPS) is 14.0. The van der Waals surface area contributed by atoms with Crippen LogP contribution in [0.5, 0.6) is 0 Å². The molecule has 1 N–H and O–H groups in total. The minimum atomic E-state index is 0.388. The van der Waals surface area contributed by atoms with Crippen molar-refractivity contribution in [3.05, 3.63) is 5.82 Å². The second kappa shape index (κ2) is 2.77. The SMILES string of the molecule is CC(C)C(C)c1nn[nH]n1. The molecule has 0 bridgehead atoms. The average Bonchev–Trinajstić information content (AvgIpc) is 2.36. The standard InChI is InChI=1S/C6H12N4/c1-4(2)5(3)6-7-9-10-8-6/h4-5H,1-3H3,(H,7,8,9,10). The fourth-order valence-electron chi connectivity index (χ4n) is 0.661. The Morgan fingerprint density at radius 2 is 2.00 bits per heavy atom. The van der Waals surface area contributed by atoms with Crippen molar-refractivity contribution in [2.24, 2.45) is 5.92 Å². The van der Waals surface area contributed by atoms with Gasteiger partial charge in [0.05, 0.1) is 0 Å². The van der Waals surface area contributed by atoms with Gasteiger partial charge < -0.3 is 0 Å². The highest BCUT2D eigenvalue weighted by Gasteiger charge is 2.13. The molecule has 0 saturated heterocycles. The summed E-state index contributed by atoms with van der Waals surface area (Å²) < 4.78 is 0. The maximum Gasteiger partial charge on any atom is 0.177 e. The first-order valence-electron chi connectivity index (χ1n) is 3.45. The van der Waals surface area contributed by atoms with E-state index in [-0.39, 0.29) is 0 Å². The summed E-state index contributed by atoms with van der Waals surface area (Å²) in [5.74, 6) is 1.76. The minimum Gasteiger partial charge on any atom is -0.177 e. The van der Waals surface area contributed by atoms with E-state index in [1.807, 2.05) is 0 Å². The van der Waals surface area contributed by atoms with Crippen molar-refractivity contribution in [3.63, 3.8) is 0 Å². The Morgan fingerprint density at radius 3 is 2.40 bits per heavy atom. The maximum absolute atomic E-state index is 3.89. The van der Waals surface area contributed by atoms with Crippen LogP contribution in [0.2, 0.25) is 0 Å². The highest BCUT2D eigenvalue weighted by molar-refractivity contribution is 4.88. The molecule has 4 nitrogen and oxygen atoms in total. The summed E-state index contributed by atoms with van der Waals surface area (Å²) >= 11 is 0. The summed E-state index contributed by atoms with van der Waals surface area (Å²) in [6.07, 6.45) is 0. The third-order valence-corrected chi connectivity index (χ3v) is 1.77. The fraction of sp³-hybridized carbons (Fsp3) is 0.833. The van der Waals surface area contributed by atoms with Crippen LogP contribution in [0.25, 0.3) is 0 Å². The van der Waals surface area contributed by atoms with Gasteiger partial charge in [-0.2, -0.15) is 5.21 Å². The monoisotopic (exact) mass is 140 g/mol. The van der Waals surface area contributed by atoms with Crippen molar-refractivity contribution >= 4 is 0 Å². The molecule has 10 heavy (non-hydrogen) atoms. The van der Waals surface area contributed by atoms with E-state index in [9.17, 15) is 0 Å². The third-order valence-electron chi connectivity index (χ3n) is 1.77. The zero-order valence-corrected chi connectivity index (χ0v) is 6.50. The molecule has 0 aromatic carbocycles. The van der Waals surface area contributed by atoms with Crippen LogP contribution >= 0.6 is 0 Å². The molecule has 0 fully saturated rings. The zero-order chi connectivity index (χ0) is 7.56. The fourth-order valence-corrected chi connectivity index (χ4v) is 0.661. The van der Waals surface area contributed by atoms with Crippen LogP contribution in [0.1, 0.15) is 32.5 Å². The molecule has 1 aromatic heterocycles. The van der Waals surface area contributed by atoms with Gasteiger partial charge in [0.2, 0.25) is 0 Å². The molecule has 4 heteroatoms. The van der Waals surface area contributed by atoms with Gasteiger partial charge in [0.1, 0.15) is 0 Å². The lowest BCUT2D eigenvalue weighted by atomic mass is 9.98. The van der Waals surface area contributed by atoms with E-state index >= 15 is 0 Å². The number of tetrazole rings is 1. The van der Waals surface area contributed by atoms with Gasteiger partial charge in [-0.05, 0) is 5.92 Å². The van der Waals surface area contributed by atoms with E-state index in [0.29, 0.717) is 11.8 Å². The van der Waals surface area contributed by atoms with Crippen LogP contribution in [0.4, 0.5) is 0 Å². The highest BCUT2D eigenvalue weighted by Crippen LogP contribution is 2.18. The van der Waals surface area contributed by atoms with Gasteiger partial charge in [-0.1, -0.05) is 26.0 Å². The highest BCUT2D eigenvalue weighted by atomic mass is 15.5. The van der Waals surface area contributed by atoms with Gasteiger partial charge >= 0.3 is 0 Å². The van der Waals surface area contributed by atoms with Crippen molar-refractivity contribution in [1.29, 1.82) is 0 Å². The molecule has 0 amide bonds. The predicted octanol–water partition coefficient (Wildman–Crippen LogP) is 0.959. The summed E-state index contributed by atoms with van der Waals surface area (Å²) in [4.78, 5) is 0. The van der Waals surface area contributed by atoms with Crippen LogP contribution in [0.15, 0.2) is 0 Å². The van der Waals surface area contributed by atoms with Gasteiger partial charge in [-0.15, -0.1) is 10.2 Å². The van der Waals surface area contributed by atoms with Gasteiger partial charge in [0.15, 0.2) is 5.82 Å². The molecule has 1 atom stereocenters. The summed E-state index contributed by atoms with van der Waals surface area (Å²) in [6, 6.07) is 0. The molecule has 0 aliphatic heterocycles. The topological polar surface area (TPSA) is 54.5 Å². The molecule has 1 unspecified atom stereocenters. The lowest BCUT2D eigenvalue weighted by Crippen LogP contribution is -2.03. The van der Waals surface area contributed by atoms with E-state index in [1.54, 1.807) is 0 Å². The van der Waals surface area contributed by atoms with Gasteiger partial charge in [0.25, 0.3) is 0 Å². The molecular formula is C6H12N4. The third kappa shape index (κ3) is 1.32. The Balaban J connectivity index is 2.68. The maximum atomic E-state index is 3.89. The first-order chi connectivity index (χ1) is 4.72. The Kier molecular flexibility index (Phi) is 1.99. The van der Waals surface area contributed by atoms with Gasteiger partial charge in [0, 0.05) is 5.92 Å². The lowest BCUT2D eigenvalue weighted by Gasteiger charge is -2.08. The first-order valence-corrected chi connectivity index (χ1v) is 3.45. The number of H-pyrrole nitrogens is 1. The molecule has 1 rings (SSSR count). The minimum absolute atomic E-state index is 0.388. The lowest BCUT2D eigenvalue weighted by molar-refractivity contribution is 0.511.